The summed E-state index contributed by atoms with van der Waals surface area (Å²) in [6, 6.07) is 17.7. The monoisotopic (exact) mass is 232 g/mol. The van der Waals surface area contributed by atoms with Gasteiger partial charge in [-0.2, -0.15) is 0 Å². The molecule has 0 saturated carbocycles. The van der Waals surface area contributed by atoms with E-state index < -0.39 is 0 Å². The maximum Gasteiger partial charge on any atom is 0.00607 e. The summed E-state index contributed by atoms with van der Waals surface area (Å²) in [6.07, 6.45) is 6.10. The van der Waals surface area contributed by atoms with Gasteiger partial charge in [-0.1, -0.05) is 60.2 Å². The maximum absolute atomic E-state index is 2.42. The van der Waals surface area contributed by atoms with Crippen LogP contribution >= 0.6 is 0 Å². The Labute approximate surface area is 108 Å². The third-order valence-corrected chi connectivity index (χ3v) is 4.37. The minimum atomic E-state index is 0.661. The first-order valence-corrected chi connectivity index (χ1v) is 6.78. The SMILES string of the molecule is C1=C([C@H]2CCc3ccccc32)Cc2ccccc21. The second kappa shape index (κ2) is 3.84. The molecule has 2 aliphatic carbocycles. The molecule has 0 amide bonds. The Kier molecular flexibility index (Phi) is 2.16. The van der Waals surface area contributed by atoms with Crippen LogP contribution in [0.4, 0.5) is 0 Å². The zero-order valence-electron chi connectivity index (χ0n) is 10.4. The molecule has 0 bridgehead atoms. The lowest BCUT2D eigenvalue weighted by Gasteiger charge is -2.13. The van der Waals surface area contributed by atoms with Gasteiger partial charge in [-0.25, -0.2) is 0 Å². The molecule has 0 unspecified atom stereocenters. The van der Waals surface area contributed by atoms with Crippen molar-refractivity contribution in [1.29, 1.82) is 0 Å². The van der Waals surface area contributed by atoms with Crippen LogP contribution in [0.3, 0.4) is 0 Å². The molecule has 0 aromatic heterocycles. The molecule has 0 nitrogen and oxygen atoms in total. The molecule has 0 radical (unpaired) electrons. The van der Waals surface area contributed by atoms with Gasteiger partial charge in [0.15, 0.2) is 0 Å². The smallest absolute Gasteiger partial charge is 0.00607 e. The summed E-state index contributed by atoms with van der Waals surface area (Å²) in [5.41, 5.74) is 7.66. The van der Waals surface area contributed by atoms with Gasteiger partial charge in [-0.15, -0.1) is 0 Å². The normalized spacial score (nSPS) is 20.4. The fourth-order valence-corrected chi connectivity index (χ4v) is 3.47. The topological polar surface area (TPSA) is 0 Å². The van der Waals surface area contributed by atoms with E-state index in [9.17, 15) is 0 Å². The predicted molar refractivity (Wildman–Crippen MR) is 75.6 cm³/mol. The molecular formula is C18H16. The van der Waals surface area contributed by atoms with Crippen LogP contribution in [0.15, 0.2) is 54.1 Å². The standard InChI is InChI=1S/C18H16/c1-2-7-15-12-16(11-14(15)6-1)18-10-9-13-5-3-4-8-17(13)18/h1-8,11,18H,9-10,12H2/t18-/m1/s1. The summed E-state index contributed by atoms with van der Waals surface area (Å²) in [7, 11) is 0. The average molecular weight is 232 g/mol. The Morgan fingerprint density at radius 1 is 0.833 bits per heavy atom. The average Bonchev–Trinajstić information content (AvgIpc) is 3.02. The highest BCUT2D eigenvalue weighted by molar-refractivity contribution is 5.66. The lowest BCUT2D eigenvalue weighted by molar-refractivity contribution is 0.760. The number of hydrogen-bond acceptors (Lipinski definition) is 0. The summed E-state index contributed by atoms with van der Waals surface area (Å²) in [4.78, 5) is 0. The van der Waals surface area contributed by atoms with Gasteiger partial charge in [-0.05, 0) is 41.5 Å². The lowest BCUT2D eigenvalue weighted by atomic mass is 9.91. The molecular weight excluding hydrogens is 216 g/mol. The van der Waals surface area contributed by atoms with Crippen molar-refractivity contribution in [2.75, 3.05) is 0 Å². The van der Waals surface area contributed by atoms with Crippen molar-refractivity contribution in [2.24, 2.45) is 0 Å². The van der Waals surface area contributed by atoms with Crippen LogP contribution in [-0.4, -0.2) is 0 Å². The van der Waals surface area contributed by atoms with Crippen molar-refractivity contribution in [3.05, 3.63) is 76.4 Å². The first-order valence-electron chi connectivity index (χ1n) is 6.78. The van der Waals surface area contributed by atoms with E-state index in [1.807, 2.05) is 0 Å². The van der Waals surface area contributed by atoms with Gasteiger partial charge in [0.25, 0.3) is 0 Å². The van der Waals surface area contributed by atoms with E-state index in [0.29, 0.717) is 5.92 Å². The minimum absolute atomic E-state index is 0.661. The zero-order valence-corrected chi connectivity index (χ0v) is 10.4. The third kappa shape index (κ3) is 1.45. The molecule has 88 valence electrons. The second-order valence-corrected chi connectivity index (χ2v) is 5.38. The first kappa shape index (κ1) is 10.1. The molecule has 2 aromatic rings. The van der Waals surface area contributed by atoms with Gasteiger partial charge < -0.3 is 0 Å². The van der Waals surface area contributed by atoms with E-state index >= 15 is 0 Å². The van der Waals surface area contributed by atoms with Crippen LogP contribution in [-0.2, 0) is 12.8 Å². The molecule has 1 atom stereocenters. The molecule has 0 saturated heterocycles. The van der Waals surface area contributed by atoms with Crippen LogP contribution in [0.1, 0.15) is 34.6 Å². The number of rotatable bonds is 1. The fourth-order valence-electron chi connectivity index (χ4n) is 3.47. The molecule has 18 heavy (non-hydrogen) atoms. The summed E-state index contributed by atoms with van der Waals surface area (Å²) in [5, 5.41) is 0. The number of benzene rings is 2. The molecule has 2 aromatic carbocycles. The number of allylic oxidation sites excluding steroid dienone is 1. The number of hydrogen-bond donors (Lipinski definition) is 0. The van der Waals surface area contributed by atoms with E-state index in [0.717, 1.165) is 6.42 Å². The summed E-state index contributed by atoms with van der Waals surface area (Å²) >= 11 is 0. The van der Waals surface area contributed by atoms with Crippen LogP contribution in [0.25, 0.3) is 6.08 Å². The molecule has 0 aliphatic heterocycles. The molecule has 0 N–H and O–H groups in total. The molecule has 2 aliphatic rings. The Bertz CT molecular complexity index is 634. The molecule has 4 rings (SSSR count). The van der Waals surface area contributed by atoms with Crippen molar-refractivity contribution in [1.82, 2.24) is 0 Å². The Balaban J connectivity index is 1.72. The van der Waals surface area contributed by atoms with Gasteiger partial charge in [0.1, 0.15) is 0 Å². The molecule has 0 fully saturated rings. The van der Waals surface area contributed by atoms with E-state index in [1.165, 1.54) is 24.0 Å². The number of fused-ring (bicyclic) bond motifs is 2. The lowest BCUT2D eigenvalue weighted by Crippen LogP contribution is -1.98. The summed E-state index contributed by atoms with van der Waals surface area (Å²) in [5.74, 6) is 0.661. The zero-order chi connectivity index (χ0) is 11.9. The van der Waals surface area contributed by atoms with Crippen molar-refractivity contribution in [2.45, 2.75) is 25.2 Å². The first-order chi connectivity index (χ1) is 8.92. The summed E-state index contributed by atoms with van der Waals surface area (Å²) < 4.78 is 0. The quantitative estimate of drug-likeness (QED) is 0.685. The van der Waals surface area contributed by atoms with Gasteiger partial charge in [0, 0.05) is 5.92 Å². The highest BCUT2D eigenvalue weighted by Gasteiger charge is 2.27. The highest BCUT2D eigenvalue weighted by Crippen LogP contribution is 2.42. The van der Waals surface area contributed by atoms with Gasteiger partial charge in [0.05, 0.1) is 0 Å². The Morgan fingerprint density at radius 3 is 2.50 bits per heavy atom. The van der Waals surface area contributed by atoms with Crippen LogP contribution in [0, 0.1) is 0 Å². The van der Waals surface area contributed by atoms with E-state index in [1.54, 1.807) is 16.7 Å². The molecule has 0 spiro atoms. The Morgan fingerprint density at radius 2 is 1.61 bits per heavy atom. The van der Waals surface area contributed by atoms with Crippen molar-refractivity contribution < 1.29 is 0 Å². The second-order valence-electron chi connectivity index (χ2n) is 5.38. The van der Waals surface area contributed by atoms with E-state index in [-0.39, 0.29) is 0 Å². The third-order valence-electron chi connectivity index (χ3n) is 4.37. The highest BCUT2D eigenvalue weighted by atomic mass is 14.3. The Hall–Kier alpha value is -1.82. The largest absolute Gasteiger partial charge is 0.0620 e. The van der Waals surface area contributed by atoms with Gasteiger partial charge in [-0.3, -0.25) is 0 Å². The predicted octanol–water partition coefficient (Wildman–Crippen LogP) is 4.36. The fraction of sp³-hybridized carbons (Fsp3) is 0.222. The minimum Gasteiger partial charge on any atom is -0.0620 e. The molecule has 0 heteroatoms. The van der Waals surface area contributed by atoms with Crippen molar-refractivity contribution in [3.63, 3.8) is 0 Å². The van der Waals surface area contributed by atoms with Crippen molar-refractivity contribution in [3.8, 4) is 0 Å². The van der Waals surface area contributed by atoms with Crippen LogP contribution < -0.4 is 0 Å². The van der Waals surface area contributed by atoms with E-state index in [2.05, 4.69) is 54.6 Å². The van der Waals surface area contributed by atoms with E-state index in [4.69, 9.17) is 0 Å². The maximum atomic E-state index is 2.42. The molecule has 0 heterocycles. The number of aryl methyl sites for hydroxylation is 1. The van der Waals surface area contributed by atoms with Crippen LogP contribution in [0.2, 0.25) is 0 Å². The summed E-state index contributed by atoms with van der Waals surface area (Å²) in [6.45, 7) is 0. The van der Waals surface area contributed by atoms with Crippen LogP contribution in [0.5, 0.6) is 0 Å². The van der Waals surface area contributed by atoms with Crippen molar-refractivity contribution >= 4 is 6.08 Å². The van der Waals surface area contributed by atoms with Gasteiger partial charge in [0.2, 0.25) is 0 Å². The van der Waals surface area contributed by atoms with Gasteiger partial charge >= 0.3 is 0 Å².